The molecule has 0 aliphatic heterocycles. The molecule has 0 saturated heterocycles. The Kier molecular flexibility index (Phi) is 6.78. The van der Waals surface area contributed by atoms with Crippen molar-refractivity contribution >= 4 is 11.0 Å². The summed E-state index contributed by atoms with van der Waals surface area (Å²) in [5.74, 6) is 2.68. The zero-order chi connectivity index (χ0) is 30.0. The predicted molar refractivity (Wildman–Crippen MR) is 182 cm³/mol. The Hall–Kier alpha value is -6.13. The van der Waals surface area contributed by atoms with Gasteiger partial charge in [-0.1, -0.05) is 152 Å². The highest BCUT2D eigenvalue weighted by atomic mass is 16.3. The lowest BCUT2D eigenvalue weighted by molar-refractivity contribution is 0.631. The van der Waals surface area contributed by atoms with Gasteiger partial charge in [0.1, 0.15) is 11.3 Å². The van der Waals surface area contributed by atoms with E-state index in [1.165, 1.54) is 0 Å². The lowest BCUT2D eigenvalue weighted by Gasteiger charge is -2.14. The maximum atomic E-state index is 6.12. The summed E-state index contributed by atoms with van der Waals surface area (Å²) in [6.45, 7) is 0. The molecule has 2 aromatic heterocycles. The number of rotatable bonds is 6. The summed E-state index contributed by atoms with van der Waals surface area (Å²) in [7, 11) is 0. The molecule has 2 heterocycles. The van der Waals surface area contributed by atoms with E-state index in [1.807, 2.05) is 42.5 Å². The predicted octanol–water partition coefficient (Wildman–Crippen LogP) is 10.6. The quantitative estimate of drug-likeness (QED) is 0.197. The van der Waals surface area contributed by atoms with E-state index in [2.05, 4.69) is 121 Å². The van der Waals surface area contributed by atoms with Crippen molar-refractivity contribution in [1.29, 1.82) is 0 Å². The molecule has 4 nitrogen and oxygen atoms in total. The average molecular weight is 578 g/mol. The highest BCUT2D eigenvalue weighted by Gasteiger charge is 2.18. The second kappa shape index (κ2) is 11.5. The fourth-order valence-electron chi connectivity index (χ4n) is 5.75. The number of hydrogen-bond acceptors (Lipinski definition) is 4. The number of para-hydroxylation sites is 1. The maximum Gasteiger partial charge on any atom is 0.164 e. The first-order chi connectivity index (χ1) is 22.3. The van der Waals surface area contributed by atoms with Crippen molar-refractivity contribution in [2.24, 2.45) is 0 Å². The van der Waals surface area contributed by atoms with E-state index in [-0.39, 0.29) is 0 Å². The first kappa shape index (κ1) is 26.5. The zero-order valence-electron chi connectivity index (χ0n) is 24.3. The summed E-state index contributed by atoms with van der Waals surface area (Å²) >= 11 is 0. The summed E-state index contributed by atoms with van der Waals surface area (Å²) in [5, 5.41) is 1.08. The first-order valence-corrected chi connectivity index (χ1v) is 15.0. The second-order valence-electron chi connectivity index (χ2n) is 10.9. The lowest BCUT2D eigenvalue weighted by Crippen LogP contribution is -2.02. The van der Waals surface area contributed by atoms with Crippen molar-refractivity contribution in [1.82, 2.24) is 15.0 Å². The van der Waals surface area contributed by atoms with Crippen LogP contribution in [0.15, 0.2) is 168 Å². The Labute approximate surface area is 261 Å². The topological polar surface area (TPSA) is 51.8 Å². The molecule has 0 saturated carbocycles. The van der Waals surface area contributed by atoms with Crippen LogP contribution < -0.4 is 0 Å². The van der Waals surface area contributed by atoms with Gasteiger partial charge in [0.25, 0.3) is 0 Å². The van der Waals surface area contributed by atoms with E-state index in [0.717, 1.165) is 61.2 Å². The van der Waals surface area contributed by atoms with Gasteiger partial charge in [0.15, 0.2) is 17.5 Å². The van der Waals surface area contributed by atoms with Crippen LogP contribution in [0.3, 0.4) is 0 Å². The van der Waals surface area contributed by atoms with Gasteiger partial charge in [-0.05, 0) is 34.4 Å². The van der Waals surface area contributed by atoms with Gasteiger partial charge in [-0.2, -0.15) is 0 Å². The number of nitrogens with zero attached hydrogens (tertiary/aromatic N) is 3. The molecule has 0 bridgehead atoms. The molecule has 4 heteroatoms. The smallest absolute Gasteiger partial charge is 0.164 e. The number of furan rings is 1. The zero-order valence-corrected chi connectivity index (χ0v) is 24.3. The Morgan fingerprint density at radius 2 is 0.778 bits per heavy atom. The van der Waals surface area contributed by atoms with E-state index in [0.29, 0.717) is 17.5 Å². The van der Waals surface area contributed by atoms with Gasteiger partial charge in [0.2, 0.25) is 0 Å². The van der Waals surface area contributed by atoms with Gasteiger partial charge in [-0.25, -0.2) is 15.0 Å². The molecule has 0 aliphatic rings. The maximum absolute atomic E-state index is 6.12. The standard InChI is InChI=1S/C41H27N3O/c1-3-13-28(14-4-1)33-18-8-10-20-35(33)40-42-39(31-25-23-30(24-26-31)38-27-32-17-7-12-22-37(32)45-38)43-41(44-40)36-21-11-9-19-34(36)29-15-5-2-6-16-29/h1-27H. The molecule has 6 aromatic carbocycles. The fraction of sp³-hybridized carbons (Fsp3) is 0. The van der Waals surface area contributed by atoms with Crippen molar-refractivity contribution in [3.8, 4) is 67.7 Å². The minimum absolute atomic E-state index is 0.608. The Bertz CT molecular complexity index is 2120. The van der Waals surface area contributed by atoms with Crippen LogP contribution in [0.4, 0.5) is 0 Å². The SMILES string of the molecule is c1ccc(-c2ccccc2-c2nc(-c3ccc(-c4cc5ccccc5o4)cc3)nc(-c3ccccc3-c3ccccc3)n2)cc1. The first-order valence-electron chi connectivity index (χ1n) is 15.0. The number of benzene rings is 6. The van der Waals surface area contributed by atoms with Crippen LogP contribution in [0.1, 0.15) is 0 Å². The fourth-order valence-corrected chi connectivity index (χ4v) is 5.75. The van der Waals surface area contributed by atoms with E-state index >= 15 is 0 Å². The van der Waals surface area contributed by atoms with Crippen LogP contribution in [0.5, 0.6) is 0 Å². The number of fused-ring (bicyclic) bond motifs is 1. The molecule has 8 aromatic rings. The van der Waals surface area contributed by atoms with Crippen LogP contribution >= 0.6 is 0 Å². The monoisotopic (exact) mass is 577 g/mol. The molecule has 0 fully saturated rings. The molecule has 0 aliphatic carbocycles. The van der Waals surface area contributed by atoms with Gasteiger partial charge < -0.3 is 4.42 Å². The Balaban J connectivity index is 1.29. The molecule has 45 heavy (non-hydrogen) atoms. The summed E-state index contributed by atoms with van der Waals surface area (Å²) < 4.78 is 6.12. The minimum Gasteiger partial charge on any atom is -0.456 e. The number of aromatic nitrogens is 3. The largest absolute Gasteiger partial charge is 0.456 e. The summed E-state index contributed by atoms with van der Waals surface area (Å²) in [6, 6.07) is 55.7. The van der Waals surface area contributed by atoms with Crippen LogP contribution in [0.25, 0.3) is 78.7 Å². The molecule has 212 valence electrons. The van der Waals surface area contributed by atoms with E-state index < -0.39 is 0 Å². The van der Waals surface area contributed by atoms with Gasteiger partial charge in [-0.15, -0.1) is 0 Å². The third-order valence-electron chi connectivity index (χ3n) is 7.99. The lowest BCUT2D eigenvalue weighted by atomic mass is 9.98. The van der Waals surface area contributed by atoms with E-state index in [4.69, 9.17) is 19.4 Å². The summed E-state index contributed by atoms with van der Waals surface area (Å²) in [5.41, 5.74) is 9.01. The van der Waals surface area contributed by atoms with E-state index in [1.54, 1.807) is 0 Å². The Morgan fingerprint density at radius 1 is 0.333 bits per heavy atom. The second-order valence-corrected chi connectivity index (χ2v) is 10.9. The van der Waals surface area contributed by atoms with Crippen molar-refractivity contribution in [3.63, 3.8) is 0 Å². The van der Waals surface area contributed by atoms with Gasteiger partial charge in [-0.3, -0.25) is 0 Å². The molecule has 0 spiro atoms. The van der Waals surface area contributed by atoms with Gasteiger partial charge in [0.05, 0.1) is 0 Å². The summed E-state index contributed by atoms with van der Waals surface area (Å²) in [6.07, 6.45) is 0. The molecule has 0 atom stereocenters. The highest BCUT2D eigenvalue weighted by molar-refractivity contribution is 5.85. The molecule has 0 radical (unpaired) electrons. The van der Waals surface area contributed by atoms with Crippen LogP contribution in [0, 0.1) is 0 Å². The van der Waals surface area contributed by atoms with Crippen LogP contribution in [-0.4, -0.2) is 15.0 Å². The average Bonchev–Trinajstić information content (AvgIpc) is 3.57. The van der Waals surface area contributed by atoms with Crippen molar-refractivity contribution in [3.05, 3.63) is 164 Å². The van der Waals surface area contributed by atoms with Gasteiger partial charge in [0, 0.05) is 27.6 Å². The summed E-state index contributed by atoms with van der Waals surface area (Å²) in [4.78, 5) is 15.3. The third kappa shape index (κ3) is 5.19. The molecular weight excluding hydrogens is 550 g/mol. The Morgan fingerprint density at radius 3 is 1.33 bits per heavy atom. The molecule has 0 amide bonds. The van der Waals surface area contributed by atoms with Crippen molar-refractivity contribution in [2.75, 3.05) is 0 Å². The van der Waals surface area contributed by atoms with Crippen molar-refractivity contribution < 1.29 is 4.42 Å². The number of hydrogen-bond donors (Lipinski definition) is 0. The molecule has 0 unspecified atom stereocenters. The van der Waals surface area contributed by atoms with Crippen LogP contribution in [-0.2, 0) is 0 Å². The normalized spacial score (nSPS) is 11.1. The molecule has 0 N–H and O–H groups in total. The minimum atomic E-state index is 0.608. The van der Waals surface area contributed by atoms with E-state index in [9.17, 15) is 0 Å². The van der Waals surface area contributed by atoms with Gasteiger partial charge >= 0.3 is 0 Å². The van der Waals surface area contributed by atoms with Crippen molar-refractivity contribution in [2.45, 2.75) is 0 Å². The third-order valence-corrected chi connectivity index (χ3v) is 7.99. The molecule has 8 rings (SSSR count). The highest BCUT2D eigenvalue weighted by Crippen LogP contribution is 2.36. The molecular formula is C41H27N3O. The van der Waals surface area contributed by atoms with Crippen LogP contribution in [0.2, 0.25) is 0 Å².